The van der Waals surface area contributed by atoms with E-state index in [0.29, 0.717) is 6.54 Å². The molecule has 104 valence electrons. The van der Waals surface area contributed by atoms with Gasteiger partial charge >= 0.3 is 0 Å². The minimum Gasteiger partial charge on any atom is -0.389 e. The van der Waals surface area contributed by atoms with Gasteiger partial charge in [0, 0.05) is 31.4 Å². The number of anilines is 1. The molecule has 2 rings (SSSR count). The van der Waals surface area contributed by atoms with Gasteiger partial charge in [0.1, 0.15) is 0 Å². The number of aliphatic hydroxyl groups is 1. The number of amides is 1. The molecule has 1 heterocycles. The lowest BCUT2D eigenvalue weighted by Gasteiger charge is -2.26. The molecule has 19 heavy (non-hydrogen) atoms. The smallest absolute Gasteiger partial charge is 0.227 e. The summed E-state index contributed by atoms with van der Waals surface area (Å²) >= 11 is 0. The Hall–Kier alpha value is -1.55. The lowest BCUT2D eigenvalue weighted by Crippen LogP contribution is -2.39. The van der Waals surface area contributed by atoms with E-state index in [2.05, 4.69) is 10.2 Å². The van der Waals surface area contributed by atoms with Crippen LogP contribution in [0.5, 0.6) is 0 Å². The SMILES string of the molecule is CNC(=O)C1(C)CCN(c2ccccc2[C@H](C)O)C1. The fourth-order valence-corrected chi connectivity index (χ4v) is 2.78. The first kappa shape index (κ1) is 13.9. The lowest BCUT2D eigenvalue weighted by molar-refractivity contribution is -0.128. The van der Waals surface area contributed by atoms with Gasteiger partial charge in [0.25, 0.3) is 0 Å². The largest absolute Gasteiger partial charge is 0.389 e. The maximum absolute atomic E-state index is 11.9. The molecule has 4 nitrogen and oxygen atoms in total. The number of hydrogen-bond donors (Lipinski definition) is 2. The number of para-hydroxylation sites is 1. The highest BCUT2D eigenvalue weighted by Gasteiger charge is 2.40. The first-order valence-electron chi connectivity index (χ1n) is 6.72. The van der Waals surface area contributed by atoms with Crippen LogP contribution in [0.3, 0.4) is 0 Å². The Balaban J connectivity index is 2.24. The molecule has 1 aliphatic rings. The summed E-state index contributed by atoms with van der Waals surface area (Å²) in [5.74, 6) is 0.0875. The molecule has 1 aromatic carbocycles. The first-order valence-corrected chi connectivity index (χ1v) is 6.72. The van der Waals surface area contributed by atoms with Gasteiger partial charge in [0.2, 0.25) is 5.91 Å². The number of rotatable bonds is 3. The number of carbonyl (C=O) groups excluding carboxylic acids is 1. The van der Waals surface area contributed by atoms with Gasteiger partial charge in [-0.2, -0.15) is 0 Å². The van der Waals surface area contributed by atoms with E-state index < -0.39 is 6.10 Å². The molecule has 0 bridgehead atoms. The fraction of sp³-hybridized carbons (Fsp3) is 0.533. The first-order chi connectivity index (χ1) is 8.98. The molecule has 1 saturated heterocycles. The third-order valence-electron chi connectivity index (χ3n) is 3.98. The molecule has 2 atom stereocenters. The summed E-state index contributed by atoms with van der Waals surface area (Å²) in [4.78, 5) is 14.1. The van der Waals surface area contributed by atoms with Crippen LogP contribution in [0.25, 0.3) is 0 Å². The van der Waals surface area contributed by atoms with Crippen molar-refractivity contribution in [2.24, 2.45) is 5.41 Å². The van der Waals surface area contributed by atoms with Crippen LogP contribution in [0.1, 0.15) is 31.9 Å². The highest BCUT2D eigenvalue weighted by Crippen LogP contribution is 2.36. The minimum atomic E-state index is -0.497. The van der Waals surface area contributed by atoms with E-state index in [0.717, 1.165) is 24.2 Å². The number of nitrogens with zero attached hydrogens (tertiary/aromatic N) is 1. The average molecular weight is 262 g/mol. The zero-order chi connectivity index (χ0) is 14.0. The van der Waals surface area contributed by atoms with Crippen LogP contribution in [0.2, 0.25) is 0 Å². The molecule has 2 N–H and O–H groups in total. The third-order valence-corrected chi connectivity index (χ3v) is 3.98. The van der Waals surface area contributed by atoms with Gasteiger partial charge in [-0.3, -0.25) is 4.79 Å². The van der Waals surface area contributed by atoms with Gasteiger partial charge in [-0.15, -0.1) is 0 Å². The second kappa shape index (κ2) is 5.21. The number of nitrogens with one attached hydrogen (secondary N) is 1. The van der Waals surface area contributed by atoms with Crippen molar-refractivity contribution in [3.8, 4) is 0 Å². The normalized spacial score (nSPS) is 24.3. The summed E-state index contributed by atoms with van der Waals surface area (Å²) in [7, 11) is 1.68. The predicted molar refractivity (Wildman–Crippen MR) is 76.1 cm³/mol. The van der Waals surface area contributed by atoms with Crippen LogP contribution in [0, 0.1) is 5.41 Å². The Labute approximate surface area is 114 Å². The van der Waals surface area contributed by atoms with Crippen molar-refractivity contribution in [3.05, 3.63) is 29.8 Å². The molecule has 0 spiro atoms. The quantitative estimate of drug-likeness (QED) is 0.872. The predicted octanol–water partition coefficient (Wildman–Crippen LogP) is 1.70. The van der Waals surface area contributed by atoms with Crippen LogP contribution in [0.4, 0.5) is 5.69 Å². The molecule has 1 fully saturated rings. The molecular weight excluding hydrogens is 240 g/mol. The maximum Gasteiger partial charge on any atom is 0.227 e. The zero-order valence-corrected chi connectivity index (χ0v) is 11.8. The minimum absolute atomic E-state index is 0.0875. The molecule has 4 heteroatoms. The molecule has 1 aromatic rings. The molecule has 1 aliphatic heterocycles. The highest BCUT2D eigenvalue weighted by molar-refractivity contribution is 5.83. The third kappa shape index (κ3) is 2.59. The second-order valence-electron chi connectivity index (χ2n) is 5.55. The summed E-state index contributed by atoms with van der Waals surface area (Å²) in [6.07, 6.45) is 0.337. The van der Waals surface area contributed by atoms with E-state index >= 15 is 0 Å². The van der Waals surface area contributed by atoms with Crippen LogP contribution in [0.15, 0.2) is 24.3 Å². The monoisotopic (exact) mass is 262 g/mol. The number of hydrogen-bond acceptors (Lipinski definition) is 3. The van der Waals surface area contributed by atoms with Crippen molar-refractivity contribution in [1.82, 2.24) is 5.32 Å². The topological polar surface area (TPSA) is 52.6 Å². The second-order valence-corrected chi connectivity index (χ2v) is 5.55. The molecule has 0 aromatic heterocycles. The van der Waals surface area contributed by atoms with Gasteiger partial charge in [-0.25, -0.2) is 0 Å². The van der Waals surface area contributed by atoms with Crippen LogP contribution in [-0.4, -0.2) is 31.2 Å². The summed E-state index contributed by atoms with van der Waals surface area (Å²) in [5, 5.41) is 12.6. The number of aliphatic hydroxyl groups excluding tert-OH is 1. The van der Waals surface area contributed by atoms with E-state index in [1.165, 1.54) is 0 Å². The van der Waals surface area contributed by atoms with Gasteiger partial charge in [0.15, 0.2) is 0 Å². The molecule has 1 amide bonds. The van der Waals surface area contributed by atoms with Crippen molar-refractivity contribution in [3.63, 3.8) is 0 Å². The highest BCUT2D eigenvalue weighted by atomic mass is 16.3. The van der Waals surface area contributed by atoms with Crippen molar-refractivity contribution in [1.29, 1.82) is 0 Å². The molecular formula is C15H22N2O2. The van der Waals surface area contributed by atoms with E-state index in [-0.39, 0.29) is 11.3 Å². The molecule has 0 aliphatic carbocycles. The van der Waals surface area contributed by atoms with Gasteiger partial charge in [-0.05, 0) is 26.3 Å². The van der Waals surface area contributed by atoms with E-state index in [1.807, 2.05) is 31.2 Å². The van der Waals surface area contributed by atoms with E-state index in [4.69, 9.17) is 0 Å². The van der Waals surface area contributed by atoms with Crippen molar-refractivity contribution in [2.75, 3.05) is 25.0 Å². The number of benzene rings is 1. The van der Waals surface area contributed by atoms with Crippen molar-refractivity contribution >= 4 is 11.6 Å². The molecule has 1 unspecified atom stereocenters. The Bertz CT molecular complexity index is 473. The zero-order valence-electron chi connectivity index (χ0n) is 11.8. The fourth-order valence-electron chi connectivity index (χ4n) is 2.78. The van der Waals surface area contributed by atoms with Crippen LogP contribution in [-0.2, 0) is 4.79 Å². The molecule has 0 saturated carbocycles. The summed E-state index contributed by atoms with van der Waals surface area (Å²) in [6, 6.07) is 7.85. The Morgan fingerprint density at radius 2 is 2.16 bits per heavy atom. The van der Waals surface area contributed by atoms with Crippen LogP contribution >= 0.6 is 0 Å². The Morgan fingerprint density at radius 1 is 1.47 bits per heavy atom. The van der Waals surface area contributed by atoms with Gasteiger partial charge < -0.3 is 15.3 Å². The summed E-state index contributed by atoms with van der Waals surface area (Å²) in [5.41, 5.74) is 1.61. The summed E-state index contributed by atoms with van der Waals surface area (Å²) in [6.45, 7) is 5.30. The van der Waals surface area contributed by atoms with Gasteiger partial charge in [0.05, 0.1) is 11.5 Å². The lowest BCUT2D eigenvalue weighted by atomic mass is 9.89. The Morgan fingerprint density at radius 3 is 2.79 bits per heavy atom. The van der Waals surface area contributed by atoms with E-state index in [1.54, 1.807) is 14.0 Å². The van der Waals surface area contributed by atoms with Crippen molar-refractivity contribution in [2.45, 2.75) is 26.4 Å². The van der Waals surface area contributed by atoms with E-state index in [9.17, 15) is 9.90 Å². The van der Waals surface area contributed by atoms with Crippen LogP contribution < -0.4 is 10.2 Å². The Kier molecular flexibility index (Phi) is 3.80. The average Bonchev–Trinajstić information content (AvgIpc) is 2.81. The summed E-state index contributed by atoms with van der Waals surface area (Å²) < 4.78 is 0. The standard InChI is InChI=1S/C15H22N2O2/c1-11(18)12-6-4-5-7-13(12)17-9-8-15(2,10-17)14(19)16-3/h4-7,11,18H,8-10H2,1-3H3,(H,16,19)/t11-,15?/m0/s1. The van der Waals surface area contributed by atoms with Crippen molar-refractivity contribution < 1.29 is 9.90 Å². The maximum atomic E-state index is 11.9. The van der Waals surface area contributed by atoms with Gasteiger partial charge in [-0.1, -0.05) is 18.2 Å². The molecule has 0 radical (unpaired) electrons. The number of carbonyl (C=O) groups is 1.